The highest BCUT2D eigenvalue weighted by atomic mass is 16.1. The molecule has 0 aliphatic carbocycles. The standard InChI is InChI=1S/C13H19N3O/c1-10-5-4-7-12(15-10)13(17)16-11-6-2-3-8-14-9-11/h4-5,7,11,14H,2-3,6,8-9H2,1H3,(H,16,17). The molecule has 2 rings (SSSR count). The molecule has 0 aromatic carbocycles. The molecule has 1 aliphatic rings. The Morgan fingerprint density at radius 1 is 1.47 bits per heavy atom. The van der Waals surface area contributed by atoms with Gasteiger partial charge >= 0.3 is 0 Å². The Morgan fingerprint density at radius 3 is 3.18 bits per heavy atom. The van der Waals surface area contributed by atoms with Crippen LogP contribution in [-0.2, 0) is 0 Å². The van der Waals surface area contributed by atoms with Gasteiger partial charge in [-0.2, -0.15) is 0 Å². The van der Waals surface area contributed by atoms with Crippen molar-refractivity contribution in [2.24, 2.45) is 0 Å². The van der Waals surface area contributed by atoms with Crippen LogP contribution >= 0.6 is 0 Å². The quantitative estimate of drug-likeness (QED) is 0.808. The minimum absolute atomic E-state index is 0.0672. The van der Waals surface area contributed by atoms with Crippen LogP contribution in [0.2, 0.25) is 0 Å². The van der Waals surface area contributed by atoms with Gasteiger partial charge in [-0.3, -0.25) is 4.79 Å². The second-order valence-electron chi connectivity index (χ2n) is 4.53. The first kappa shape index (κ1) is 12.0. The van der Waals surface area contributed by atoms with E-state index in [2.05, 4.69) is 15.6 Å². The van der Waals surface area contributed by atoms with E-state index in [1.807, 2.05) is 19.1 Å². The topological polar surface area (TPSA) is 54.0 Å². The Labute approximate surface area is 102 Å². The van der Waals surface area contributed by atoms with E-state index in [-0.39, 0.29) is 11.9 Å². The fourth-order valence-electron chi connectivity index (χ4n) is 2.07. The van der Waals surface area contributed by atoms with E-state index in [1.54, 1.807) is 6.07 Å². The summed E-state index contributed by atoms with van der Waals surface area (Å²) in [6, 6.07) is 5.74. The van der Waals surface area contributed by atoms with Crippen LogP contribution in [0.25, 0.3) is 0 Å². The molecule has 4 heteroatoms. The van der Waals surface area contributed by atoms with Crippen molar-refractivity contribution in [1.29, 1.82) is 0 Å². The predicted octanol–water partition coefficient (Wildman–Crippen LogP) is 1.26. The van der Waals surface area contributed by atoms with Gasteiger partial charge in [0, 0.05) is 18.3 Å². The second-order valence-corrected chi connectivity index (χ2v) is 4.53. The summed E-state index contributed by atoms with van der Waals surface area (Å²) in [5, 5.41) is 6.37. The van der Waals surface area contributed by atoms with Gasteiger partial charge in [0.05, 0.1) is 0 Å². The van der Waals surface area contributed by atoms with Crippen molar-refractivity contribution < 1.29 is 4.79 Å². The molecule has 1 aliphatic heterocycles. The van der Waals surface area contributed by atoms with Gasteiger partial charge in [0.1, 0.15) is 5.69 Å². The van der Waals surface area contributed by atoms with Crippen LogP contribution in [0.1, 0.15) is 35.4 Å². The number of aryl methyl sites for hydroxylation is 1. The molecule has 1 fully saturated rings. The van der Waals surface area contributed by atoms with Crippen LogP contribution in [0.5, 0.6) is 0 Å². The summed E-state index contributed by atoms with van der Waals surface area (Å²) in [5.41, 5.74) is 1.38. The van der Waals surface area contributed by atoms with Crippen molar-refractivity contribution >= 4 is 5.91 Å². The minimum Gasteiger partial charge on any atom is -0.347 e. The number of rotatable bonds is 2. The number of carbonyl (C=O) groups is 1. The van der Waals surface area contributed by atoms with Gasteiger partial charge in [-0.15, -0.1) is 0 Å². The molecule has 0 bridgehead atoms. The summed E-state index contributed by atoms with van der Waals surface area (Å²) in [6.07, 6.45) is 3.40. The molecule has 0 spiro atoms. The van der Waals surface area contributed by atoms with Crippen molar-refractivity contribution in [2.45, 2.75) is 32.2 Å². The molecule has 1 amide bonds. The van der Waals surface area contributed by atoms with Crippen molar-refractivity contribution in [1.82, 2.24) is 15.6 Å². The third-order valence-corrected chi connectivity index (χ3v) is 3.00. The molecule has 2 N–H and O–H groups in total. The Morgan fingerprint density at radius 2 is 2.35 bits per heavy atom. The van der Waals surface area contributed by atoms with Crippen molar-refractivity contribution in [3.63, 3.8) is 0 Å². The molecule has 92 valence electrons. The average molecular weight is 233 g/mol. The number of pyridine rings is 1. The first-order valence-corrected chi connectivity index (χ1v) is 6.21. The highest BCUT2D eigenvalue weighted by Gasteiger charge is 2.15. The average Bonchev–Trinajstić information content (AvgIpc) is 2.57. The predicted molar refractivity (Wildman–Crippen MR) is 66.9 cm³/mol. The smallest absolute Gasteiger partial charge is 0.270 e. The molecular weight excluding hydrogens is 214 g/mol. The molecule has 0 saturated carbocycles. The highest BCUT2D eigenvalue weighted by molar-refractivity contribution is 5.92. The summed E-state index contributed by atoms with van der Waals surface area (Å²) >= 11 is 0. The number of hydrogen-bond donors (Lipinski definition) is 2. The van der Waals surface area contributed by atoms with Crippen LogP contribution in [0.4, 0.5) is 0 Å². The van der Waals surface area contributed by atoms with E-state index in [9.17, 15) is 4.79 Å². The van der Waals surface area contributed by atoms with E-state index < -0.39 is 0 Å². The second kappa shape index (κ2) is 5.77. The lowest BCUT2D eigenvalue weighted by atomic mass is 10.1. The van der Waals surface area contributed by atoms with Gasteiger partial charge in [-0.25, -0.2) is 4.98 Å². The van der Waals surface area contributed by atoms with Gasteiger partial charge in [0.2, 0.25) is 0 Å². The number of nitrogens with one attached hydrogen (secondary N) is 2. The van der Waals surface area contributed by atoms with Gasteiger partial charge in [-0.1, -0.05) is 12.5 Å². The van der Waals surface area contributed by atoms with Crippen LogP contribution < -0.4 is 10.6 Å². The first-order chi connectivity index (χ1) is 8.25. The zero-order chi connectivity index (χ0) is 12.1. The number of hydrogen-bond acceptors (Lipinski definition) is 3. The fourth-order valence-corrected chi connectivity index (χ4v) is 2.07. The van der Waals surface area contributed by atoms with Gasteiger partial charge in [0.15, 0.2) is 0 Å². The number of carbonyl (C=O) groups excluding carboxylic acids is 1. The molecule has 17 heavy (non-hydrogen) atoms. The SMILES string of the molecule is Cc1cccc(C(=O)NC2CCCCNC2)n1. The molecule has 2 heterocycles. The third kappa shape index (κ3) is 3.53. The molecular formula is C13H19N3O. The van der Waals surface area contributed by atoms with E-state index in [4.69, 9.17) is 0 Å². The van der Waals surface area contributed by atoms with Gasteiger partial charge < -0.3 is 10.6 Å². The number of aromatic nitrogens is 1. The normalized spacial score (nSPS) is 20.6. The Balaban J connectivity index is 1.96. The molecule has 4 nitrogen and oxygen atoms in total. The Hall–Kier alpha value is -1.42. The molecule has 1 unspecified atom stereocenters. The van der Waals surface area contributed by atoms with Crippen molar-refractivity contribution in [3.8, 4) is 0 Å². The van der Waals surface area contributed by atoms with Crippen LogP contribution in [0, 0.1) is 6.92 Å². The molecule has 1 aromatic rings. The largest absolute Gasteiger partial charge is 0.347 e. The summed E-state index contributed by atoms with van der Waals surface area (Å²) in [7, 11) is 0. The summed E-state index contributed by atoms with van der Waals surface area (Å²) in [4.78, 5) is 16.2. The van der Waals surface area contributed by atoms with Gasteiger partial charge in [-0.05, 0) is 38.4 Å². The van der Waals surface area contributed by atoms with Crippen LogP contribution in [-0.4, -0.2) is 30.0 Å². The zero-order valence-corrected chi connectivity index (χ0v) is 10.2. The molecule has 1 aromatic heterocycles. The fraction of sp³-hybridized carbons (Fsp3) is 0.538. The molecule has 0 radical (unpaired) electrons. The molecule has 1 atom stereocenters. The van der Waals surface area contributed by atoms with Crippen LogP contribution in [0.3, 0.4) is 0 Å². The zero-order valence-electron chi connectivity index (χ0n) is 10.2. The summed E-state index contributed by atoms with van der Waals surface area (Å²) in [5.74, 6) is -0.0672. The lowest BCUT2D eigenvalue weighted by molar-refractivity contribution is 0.0930. The van der Waals surface area contributed by atoms with Crippen molar-refractivity contribution in [2.75, 3.05) is 13.1 Å². The van der Waals surface area contributed by atoms with E-state index in [1.165, 1.54) is 12.8 Å². The Kier molecular flexibility index (Phi) is 4.09. The van der Waals surface area contributed by atoms with Gasteiger partial charge in [0.25, 0.3) is 5.91 Å². The van der Waals surface area contributed by atoms with Crippen LogP contribution in [0.15, 0.2) is 18.2 Å². The van der Waals surface area contributed by atoms with E-state index in [0.29, 0.717) is 5.69 Å². The number of amides is 1. The monoisotopic (exact) mass is 233 g/mol. The number of nitrogens with zero attached hydrogens (tertiary/aromatic N) is 1. The minimum atomic E-state index is -0.0672. The highest BCUT2D eigenvalue weighted by Crippen LogP contribution is 2.05. The van der Waals surface area contributed by atoms with E-state index in [0.717, 1.165) is 25.2 Å². The van der Waals surface area contributed by atoms with Crippen molar-refractivity contribution in [3.05, 3.63) is 29.6 Å². The maximum absolute atomic E-state index is 12.0. The summed E-state index contributed by atoms with van der Waals surface area (Å²) < 4.78 is 0. The third-order valence-electron chi connectivity index (χ3n) is 3.00. The lowest BCUT2D eigenvalue weighted by Gasteiger charge is -2.16. The van der Waals surface area contributed by atoms with E-state index >= 15 is 0 Å². The lowest BCUT2D eigenvalue weighted by Crippen LogP contribution is -2.41. The molecule has 1 saturated heterocycles. The first-order valence-electron chi connectivity index (χ1n) is 6.21. The maximum Gasteiger partial charge on any atom is 0.270 e. The Bertz CT molecular complexity index is 384. The maximum atomic E-state index is 12.0. The summed E-state index contributed by atoms with van der Waals surface area (Å²) in [6.45, 7) is 3.80.